The fraction of sp³-hybridized carbons (Fsp3) is 0.556. The van der Waals surface area contributed by atoms with Crippen LogP contribution in [0.25, 0.3) is 0 Å². The molecule has 1 atom stereocenters. The molecule has 14 heavy (non-hydrogen) atoms. The molecular weight excluding hydrogens is 312 g/mol. The van der Waals surface area contributed by atoms with E-state index in [0.29, 0.717) is 5.92 Å². The molecule has 76 valence electrons. The molecule has 2 rings (SSSR count). The lowest BCUT2D eigenvalue weighted by Gasteiger charge is -2.12. The normalized spacial score (nSPS) is 18.2. The highest BCUT2D eigenvalue weighted by Gasteiger charge is 2.34. The lowest BCUT2D eigenvalue weighted by atomic mass is 10.2. The fourth-order valence-electron chi connectivity index (χ4n) is 1.44. The van der Waals surface area contributed by atoms with E-state index in [9.17, 15) is 0 Å². The summed E-state index contributed by atoms with van der Waals surface area (Å²) >= 11 is 6.69. The van der Waals surface area contributed by atoms with Gasteiger partial charge in [0.2, 0.25) is 0 Å². The van der Waals surface area contributed by atoms with Crippen molar-refractivity contribution in [1.29, 1.82) is 0 Å². The Hall–Kier alpha value is -0.0000000000000000555. The van der Waals surface area contributed by atoms with E-state index < -0.39 is 0 Å². The van der Waals surface area contributed by atoms with Gasteiger partial charge in [-0.25, -0.2) is 9.97 Å². The van der Waals surface area contributed by atoms with Gasteiger partial charge in [0.25, 0.3) is 0 Å². The van der Waals surface area contributed by atoms with Crippen molar-refractivity contribution in [2.24, 2.45) is 5.92 Å². The zero-order valence-electron chi connectivity index (χ0n) is 7.70. The van der Waals surface area contributed by atoms with E-state index in [0.717, 1.165) is 15.0 Å². The number of rotatable bonds is 3. The number of ether oxygens (including phenoxy) is 1. The number of hydrogen-bond donors (Lipinski definition) is 0. The summed E-state index contributed by atoms with van der Waals surface area (Å²) in [5, 5.41) is 0. The van der Waals surface area contributed by atoms with Crippen LogP contribution in [0.15, 0.2) is 15.3 Å². The van der Waals surface area contributed by atoms with Crippen LogP contribution in [0.2, 0.25) is 0 Å². The Morgan fingerprint density at radius 2 is 1.93 bits per heavy atom. The molecule has 0 spiro atoms. The summed E-state index contributed by atoms with van der Waals surface area (Å²) in [5.41, 5.74) is 0. The highest BCUT2D eigenvalue weighted by Crippen LogP contribution is 2.42. The summed E-state index contributed by atoms with van der Waals surface area (Å²) < 4.78 is 6.98. The van der Waals surface area contributed by atoms with Crippen LogP contribution >= 0.6 is 31.9 Å². The zero-order valence-corrected chi connectivity index (χ0v) is 10.9. The predicted octanol–water partition coefficient (Wildman–Crippen LogP) is 3.10. The summed E-state index contributed by atoms with van der Waals surface area (Å²) in [6.07, 6.45) is 2.47. The summed E-state index contributed by atoms with van der Waals surface area (Å²) in [4.78, 5) is 8.63. The van der Waals surface area contributed by atoms with Crippen molar-refractivity contribution in [2.75, 3.05) is 7.11 Å². The zero-order chi connectivity index (χ0) is 10.1. The Morgan fingerprint density at radius 3 is 2.36 bits per heavy atom. The Morgan fingerprint density at radius 1 is 1.36 bits per heavy atom. The molecular formula is C9H10Br2N2O. The maximum atomic E-state index is 5.40. The van der Waals surface area contributed by atoms with Crippen molar-refractivity contribution in [1.82, 2.24) is 9.97 Å². The smallest absolute Gasteiger partial charge is 0.159 e. The molecule has 0 radical (unpaired) electrons. The van der Waals surface area contributed by atoms with Crippen LogP contribution in [0.4, 0.5) is 0 Å². The first-order chi connectivity index (χ1) is 6.70. The molecule has 0 saturated heterocycles. The molecule has 1 unspecified atom stereocenters. The number of aromatic nitrogens is 2. The molecule has 1 aromatic heterocycles. The Bertz CT molecular complexity index is 321. The molecule has 1 aliphatic rings. The maximum Gasteiger partial charge on any atom is 0.159 e. The first-order valence-corrected chi connectivity index (χ1v) is 6.02. The minimum absolute atomic E-state index is 0.0452. The van der Waals surface area contributed by atoms with Crippen LogP contribution in [0, 0.1) is 5.92 Å². The van der Waals surface area contributed by atoms with Gasteiger partial charge < -0.3 is 4.74 Å². The third-order valence-electron chi connectivity index (χ3n) is 2.24. The van der Waals surface area contributed by atoms with Crippen molar-refractivity contribution in [3.05, 3.63) is 21.1 Å². The fourth-order valence-corrected chi connectivity index (χ4v) is 2.55. The van der Waals surface area contributed by atoms with Crippen molar-refractivity contribution in [3.63, 3.8) is 0 Å². The van der Waals surface area contributed by atoms with Gasteiger partial charge in [-0.3, -0.25) is 0 Å². The van der Waals surface area contributed by atoms with Crippen molar-refractivity contribution >= 4 is 31.9 Å². The van der Waals surface area contributed by atoms with Gasteiger partial charge in [0.1, 0.15) is 15.3 Å². The van der Waals surface area contributed by atoms with Gasteiger partial charge in [-0.05, 0) is 50.6 Å². The highest BCUT2D eigenvalue weighted by atomic mass is 79.9. The van der Waals surface area contributed by atoms with E-state index in [1.807, 2.05) is 6.07 Å². The van der Waals surface area contributed by atoms with Gasteiger partial charge in [-0.2, -0.15) is 0 Å². The van der Waals surface area contributed by atoms with Gasteiger partial charge in [0.05, 0.1) is 0 Å². The Labute approximate surface area is 99.5 Å². The van der Waals surface area contributed by atoms with Crippen LogP contribution in [0.3, 0.4) is 0 Å². The predicted molar refractivity (Wildman–Crippen MR) is 59.9 cm³/mol. The molecule has 1 heterocycles. The topological polar surface area (TPSA) is 35.0 Å². The molecule has 5 heteroatoms. The minimum Gasteiger partial charge on any atom is -0.373 e. The average molecular weight is 322 g/mol. The summed E-state index contributed by atoms with van der Waals surface area (Å²) in [5.74, 6) is 1.36. The van der Waals surface area contributed by atoms with E-state index in [4.69, 9.17) is 4.74 Å². The Balaban J connectivity index is 2.28. The maximum absolute atomic E-state index is 5.40. The van der Waals surface area contributed by atoms with E-state index in [1.165, 1.54) is 12.8 Å². The van der Waals surface area contributed by atoms with E-state index in [1.54, 1.807) is 7.11 Å². The highest BCUT2D eigenvalue weighted by molar-refractivity contribution is 9.11. The quantitative estimate of drug-likeness (QED) is 0.802. The molecule has 0 amide bonds. The van der Waals surface area contributed by atoms with Gasteiger partial charge in [-0.15, -0.1) is 0 Å². The third kappa shape index (κ3) is 2.32. The van der Waals surface area contributed by atoms with E-state index >= 15 is 0 Å². The minimum atomic E-state index is 0.0452. The van der Waals surface area contributed by atoms with Gasteiger partial charge in [0, 0.05) is 13.2 Å². The molecule has 1 aliphatic carbocycles. The molecule has 1 saturated carbocycles. The van der Waals surface area contributed by atoms with Crippen LogP contribution in [0.1, 0.15) is 24.8 Å². The lowest BCUT2D eigenvalue weighted by molar-refractivity contribution is 0.0769. The van der Waals surface area contributed by atoms with Crippen LogP contribution in [-0.4, -0.2) is 17.1 Å². The third-order valence-corrected chi connectivity index (χ3v) is 3.05. The second kappa shape index (κ2) is 4.24. The largest absolute Gasteiger partial charge is 0.373 e. The van der Waals surface area contributed by atoms with Gasteiger partial charge in [-0.1, -0.05) is 0 Å². The summed E-state index contributed by atoms with van der Waals surface area (Å²) in [6, 6.07) is 1.82. The van der Waals surface area contributed by atoms with Crippen LogP contribution < -0.4 is 0 Å². The average Bonchev–Trinajstić information content (AvgIpc) is 2.87. The lowest BCUT2D eigenvalue weighted by Crippen LogP contribution is -2.09. The van der Waals surface area contributed by atoms with Crippen LogP contribution in [0.5, 0.6) is 0 Å². The number of methoxy groups -OCH3 is 1. The molecule has 0 N–H and O–H groups in total. The van der Waals surface area contributed by atoms with Gasteiger partial charge >= 0.3 is 0 Å². The monoisotopic (exact) mass is 320 g/mol. The van der Waals surface area contributed by atoms with Crippen molar-refractivity contribution in [2.45, 2.75) is 18.9 Å². The number of nitrogens with zero attached hydrogens (tertiary/aromatic N) is 2. The Kier molecular flexibility index (Phi) is 3.19. The molecule has 0 bridgehead atoms. The number of halogens is 2. The van der Waals surface area contributed by atoms with E-state index in [-0.39, 0.29) is 6.10 Å². The number of hydrogen-bond acceptors (Lipinski definition) is 3. The second-order valence-electron chi connectivity index (χ2n) is 3.37. The molecule has 1 aromatic rings. The van der Waals surface area contributed by atoms with Crippen LogP contribution in [-0.2, 0) is 4.74 Å². The first kappa shape index (κ1) is 10.5. The van der Waals surface area contributed by atoms with Crippen molar-refractivity contribution in [3.8, 4) is 0 Å². The molecule has 1 fully saturated rings. The SMILES string of the molecule is COC(c1nc(Br)cc(Br)n1)C1CC1. The summed E-state index contributed by atoms with van der Waals surface area (Å²) in [7, 11) is 1.71. The van der Waals surface area contributed by atoms with E-state index in [2.05, 4.69) is 41.8 Å². The van der Waals surface area contributed by atoms with Gasteiger partial charge in [0.15, 0.2) is 5.82 Å². The molecule has 0 aromatic carbocycles. The first-order valence-electron chi connectivity index (χ1n) is 4.43. The molecule has 3 nitrogen and oxygen atoms in total. The van der Waals surface area contributed by atoms with Crippen molar-refractivity contribution < 1.29 is 4.74 Å². The summed E-state index contributed by atoms with van der Waals surface area (Å²) in [6.45, 7) is 0. The molecule has 0 aliphatic heterocycles. The second-order valence-corrected chi connectivity index (χ2v) is 4.99. The standard InChI is InChI=1S/C9H10Br2N2O/c1-14-8(5-2-3-5)9-12-6(10)4-7(11)13-9/h4-5,8H,2-3H2,1H3.